The van der Waals surface area contributed by atoms with Crippen molar-refractivity contribution in [3.8, 4) is 0 Å². The first-order valence-electron chi connectivity index (χ1n) is 10.8. The Kier molecular flexibility index (Phi) is 13.6. The van der Waals surface area contributed by atoms with Crippen LogP contribution in [0.15, 0.2) is 60.7 Å². The Morgan fingerprint density at radius 1 is 0.765 bits per heavy atom. The number of hydrogen-bond acceptors (Lipinski definition) is 7. The second-order valence-electron chi connectivity index (χ2n) is 8.37. The van der Waals surface area contributed by atoms with Crippen molar-refractivity contribution in [2.24, 2.45) is 11.3 Å². The topological polar surface area (TPSA) is 104 Å². The number of ketones is 3. The number of methoxy groups -OCH3 is 1. The van der Waals surface area contributed by atoms with Gasteiger partial charge in [0, 0.05) is 22.5 Å². The second-order valence-corrected chi connectivity index (χ2v) is 8.37. The number of esters is 2. The van der Waals surface area contributed by atoms with Gasteiger partial charge < -0.3 is 9.47 Å². The lowest BCUT2D eigenvalue weighted by molar-refractivity contribution is -0.155. The van der Waals surface area contributed by atoms with Crippen LogP contribution in [0.25, 0.3) is 0 Å². The Balaban J connectivity index is 0.000000495. The van der Waals surface area contributed by atoms with Crippen molar-refractivity contribution in [3.05, 3.63) is 71.8 Å². The van der Waals surface area contributed by atoms with Crippen LogP contribution in [0.2, 0.25) is 0 Å². The molecule has 0 radical (unpaired) electrons. The average molecular weight is 471 g/mol. The highest BCUT2D eigenvalue weighted by molar-refractivity contribution is 6.35. The molecular weight excluding hydrogens is 436 g/mol. The van der Waals surface area contributed by atoms with E-state index in [0.717, 1.165) is 11.1 Å². The summed E-state index contributed by atoms with van der Waals surface area (Å²) in [6, 6.07) is 18.6. The van der Waals surface area contributed by atoms with E-state index in [9.17, 15) is 24.0 Å². The number of hydrogen-bond donors (Lipinski definition) is 0. The highest BCUT2D eigenvalue weighted by atomic mass is 16.5. The van der Waals surface area contributed by atoms with Crippen LogP contribution in [0.3, 0.4) is 0 Å². The van der Waals surface area contributed by atoms with Crippen molar-refractivity contribution < 1.29 is 33.4 Å². The van der Waals surface area contributed by atoms with Crippen molar-refractivity contribution >= 4 is 29.3 Å². The third kappa shape index (κ3) is 11.3. The molecule has 7 nitrogen and oxygen atoms in total. The molecule has 0 aliphatic rings. The third-order valence-electron chi connectivity index (χ3n) is 4.12. The van der Waals surface area contributed by atoms with E-state index in [2.05, 4.69) is 9.47 Å². The van der Waals surface area contributed by atoms with E-state index < -0.39 is 28.9 Å². The molecule has 0 unspecified atom stereocenters. The Labute approximate surface area is 201 Å². The van der Waals surface area contributed by atoms with Gasteiger partial charge in [0.25, 0.3) is 0 Å². The monoisotopic (exact) mass is 470 g/mol. The molecule has 0 N–H and O–H groups in total. The van der Waals surface area contributed by atoms with Crippen LogP contribution in [0.1, 0.15) is 57.5 Å². The maximum absolute atomic E-state index is 11.8. The van der Waals surface area contributed by atoms with Crippen LogP contribution in [0.5, 0.6) is 0 Å². The van der Waals surface area contributed by atoms with E-state index in [1.54, 1.807) is 41.5 Å². The summed E-state index contributed by atoms with van der Waals surface area (Å²) in [6.45, 7) is 10.3. The first-order chi connectivity index (χ1) is 15.9. The fourth-order valence-electron chi connectivity index (χ4n) is 2.18. The van der Waals surface area contributed by atoms with E-state index in [-0.39, 0.29) is 18.3 Å². The molecule has 0 aliphatic carbocycles. The normalized spacial score (nSPS) is 10.0. The van der Waals surface area contributed by atoms with Crippen molar-refractivity contribution in [3.63, 3.8) is 0 Å². The second kappa shape index (κ2) is 15.3. The molecular formula is C27H34O7. The lowest BCUT2D eigenvalue weighted by atomic mass is 9.91. The summed E-state index contributed by atoms with van der Waals surface area (Å²) in [4.78, 5) is 54.7. The van der Waals surface area contributed by atoms with Crippen molar-refractivity contribution in [1.82, 2.24) is 0 Å². The molecule has 2 aromatic rings. The SMILES string of the molecule is CCOC(=O)C(=O)C(C)C.COC(=O)C(=O)C(C)(C)C.O=C(c1ccccc1)c1ccccc1. The zero-order valence-corrected chi connectivity index (χ0v) is 20.9. The molecule has 184 valence electrons. The van der Waals surface area contributed by atoms with Gasteiger partial charge in [-0.05, 0) is 6.92 Å². The van der Waals surface area contributed by atoms with E-state index in [4.69, 9.17) is 0 Å². The zero-order chi connectivity index (χ0) is 26.3. The van der Waals surface area contributed by atoms with Crippen LogP contribution < -0.4 is 0 Å². The van der Waals surface area contributed by atoms with Gasteiger partial charge in [0.05, 0.1) is 13.7 Å². The van der Waals surface area contributed by atoms with Crippen LogP contribution in [-0.4, -0.2) is 43.0 Å². The van der Waals surface area contributed by atoms with Crippen LogP contribution >= 0.6 is 0 Å². The van der Waals surface area contributed by atoms with Gasteiger partial charge in [0.15, 0.2) is 5.78 Å². The molecule has 2 aromatic carbocycles. The fraction of sp³-hybridized carbons (Fsp3) is 0.370. The number of Topliss-reactive ketones (excluding diaryl/α,β-unsaturated/α-hetero) is 2. The zero-order valence-electron chi connectivity index (χ0n) is 20.9. The van der Waals surface area contributed by atoms with Crippen molar-refractivity contribution in [2.45, 2.75) is 41.5 Å². The average Bonchev–Trinajstić information content (AvgIpc) is 2.83. The maximum Gasteiger partial charge on any atom is 0.374 e. The Morgan fingerprint density at radius 2 is 1.18 bits per heavy atom. The molecule has 0 amide bonds. The standard InChI is InChI=1S/C13H10O.2C7H12O3/c14-13(11-7-3-1-4-8-11)12-9-5-2-6-10-12;1-7(2,3)5(8)6(9)10-4;1-4-10-7(9)6(8)5(2)3/h1-10H;1-4H3;5H,4H2,1-3H3. The van der Waals surface area contributed by atoms with Crippen molar-refractivity contribution in [1.29, 1.82) is 0 Å². The predicted molar refractivity (Wildman–Crippen MR) is 129 cm³/mol. The third-order valence-corrected chi connectivity index (χ3v) is 4.12. The van der Waals surface area contributed by atoms with Crippen molar-refractivity contribution in [2.75, 3.05) is 13.7 Å². The van der Waals surface area contributed by atoms with Crippen LogP contribution in [0.4, 0.5) is 0 Å². The Morgan fingerprint density at radius 3 is 1.44 bits per heavy atom. The van der Waals surface area contributed by atoms with Gasteiger partial charge in [-0.1, -0.05) is 95.3 Å². The molecule has 0 saturated carbocycles. The van der Waals surface area contributed by atoms with Gasteiger partial charge in [-0.2, -0.15) is 0 Å². The van der Waals surface area contributed by atoms with Gasteiger partial charge in [-0.15, -0.1) is 0 Å². The smallest absolute Gasteiger partial charge is 0.374 e. The van der Waals surface area contributed by atoms with Gasteiger partial charge in [0.1, 0.15) is 0 Å². The highest BCUT2D eigenvalue weighted by Crippen LogP contribution is 2.14. The largest absolute Gasteiger partial charge is 0.463 e. The summed E-state index contributed by atoms with van der Waals surface area (Å²) in [5, 5.41) is 0. The Hall–Kier alpha value is -3.61. The summed E-state index contributed by atoms with van der Waals surface area (Å²) in [5.74, 6) is -2.63. The summed E-state index contributed by atoms with van der Waals surface area (Å²) in [5.41, 5.74) is 0.838. The lowest BCUT2D eigenvalue weighted by Gasteiger charge is -2.13. The summed E-state index contributed by atoms with van der Waals surface area (Å²) >= 11 is 0. The van der Waals surface area contributed by atoms with Crippen LogP contribution in [-0.2, 0) is 28.7 Å². The first-order valence-corrected chi connectivity index (χ1v) is 10.8. The molecule has 7 heteroatoms. The molecule has 0 aliphatic heterocycles. The molecule has 0 saturated heterocycles. The van der Waals surface area contributed by atoms with E-state index in [0.29, 0.717) is 0 Å². The summed E-state index contributed by atoms with van der Waals surface area (Å²) < 4.78 is 8.73. The minimum atomic E-state index is -0.771. The molecule has 0 heterocycles. The molecule has 34 heavy (non-hydrogen) atoms. The predicted octanol–water partition coefficient (Wildman–Crippen LogP) is 4.47. The number of ether oxygens (including phenoxy) is 2. The minimum Gasteiger partial charge on any atom is -0.463 e. The maximum atomic E-state index is 11.8. The Bertz CT molecular complexity index is 896. The number of carbonyl (C=O) groups excluding carboxylic acids is 5. The van der Waals surface area contributed by atoms with Gasteiger partial charge >= 0.3 is 11.9 Å². The number of benzene rings is 2. The van der Waals surface area contributed by atoms with E-state index in [1.165, 1.54) is 7.11 Å². The number of rotatable bonds is 6. The molecule has 2 rings (SSSR count). The molecule has 0 fully saturated rings. The van der Waals surface area contributed by atoms with Gasteiger partial charge in [-0.3, -0.25) is 14.4 Å². The fourth-order valence-corrected chi connectivity index (χ4v) is 2.18. The molecule has 0 bridgehead atoms. The summed E-state index contributed by atoms with van der Waals surface area (Å²) in [6.07, 6.45) is 0. The molecule has 0 atom stereocenters. The molecule has 0 spiro atoms. The molecule has 0 aromatic heterocycles. The van der Waals surface area contributed by atoms with E-state index in [1.807, 2.05) is 60.7 Å². The number of carbonyl (C=O) groups is 5. The van der Waals surface area contributed by atoms with Gasteiger partial charge in [0.2, 0.25) is 11.6 Å². The van der Waals surface area contributed by atoms with Gasteiger partial charge in [-0.25, -0.2) is 9.59 Å². The summed E-state index contributed by atoms with van der Waals surface area (Å²) in [7, 11) is 1.20. The minimum absolute atomic E-state index is 0.0752. The van der Waals surface area contributed by atoms with E-state index >= 15 is 0 Å². The lowest BCUT2D eigenvalue weighted by Crippen LogP contribution is -2.29. The highest BCUT2D eigenvalue weighted by Gasteiger charge is 2.28. The quantitative estimate of drug-likeness (QED) is 0.349. The first kappa shape index (κ1) is 30.4. The van der Waals surface area contributed by atoms with Crippen LogP contribution in [0, 0.1) is 11.3 Å².